The first-order valence-corrected chi connectivity index (χ1v) is 6.63. The molecule has 0 fully saturated rings. The lowest BCUT2D eigenvalue weighted by Gasteiger charge is -2.13. The summed E-state index contributed by atoms with van der Waals surface area (Å²) in [7, 11) is 0. The van der Waals surface area contributed by atoms with E-state index in [4.69, 9.17) is 21.9 Å². The molecule has 0 bridgehead atoms. The molecule has 0 aliphatic heterocycles. The zero-order valence-electron chi connectivity index (χ0n) is 12.3. The number of nitrogens with zero attached hydrogens (tertiary/aromatic N) is 2. The molecule has 0 aliphatic rings. The summed E-state index contributed by atoms with van der Waals surface area (Å²) in [5, 5.41) is 0. The summed E-state index contributed by atoms with van der Waals surface area (Å²) >= 11 is 0. The van der Waals surface area contributed by atoms with Crippen molar-refractivity contribution in [1.82, 2.24) is 0 Å². The molecule has 6 nitrogen and oxygen atoms in total. The number of halogens is 3. The summed E-state index contributed by atoms with van der Waals surface area (Å²) in [6.07, 6.45) is -4.66. The highest BCUT2D eigenvalue weighted by Crippen LogP contribution is 2.39. The average Bonchev–Trinajstić information content (AvgIpc) is 2.48. The van der Waals surface area contributed by atoms with Gasteiger partial charge in [0.15, 0.2) is 5.96 Å². The Morgan fingerprint density at radius 2 is 1.58 bits per heavy atom. The molecule has 2 aromatic carbocycles. The summed E-state index contributed by atoms with van der Waals surface area (Å²) in [5.41, 5.74) is 14.1. The molecule has 126 valence electrons. The molecule has 0 atom stereocenters. The largest absolute Gasteiger partial charge is 0.457 e. The SMILES string of the molecule is NC(N)=NC(N)=Nc1ccc(Oc2ccccc2)cc1C(F)(F)F. The van der Waals surface area contributed by atoms with Crippen molar-refractivity contribution in [2.75, 3.05) is 0 Å². The third kappa shape index (κ3) is 4.63. The van der Waals surface area contributed by atoms with Gasteiger partial charge in [-0.2, -0.15) is 18.2 Å². The molecule has 0 aliphatic carbocycles. The molecule has 9 heteroatoms. The number of aliphatic imine (C=N–C) groups is 2. The van der Waals surface area contributed by atoms with Gasteiger partial charge in [-0.05, 0) is 30.3 Å². The summed E-state index contributed by atoms with van der Waals surface area (Å²) in [4.78, 5) is 6.97. The fourth-order valence-electron chi connectivity index (χ4n) is 1.81. The second-order valence-electron chi connectivity index (χ2n) is 4.60. The molecule has 24 heavy (non-hydrogen) atoms. The Morgan fingerprint density at radius 1 is 0.917 bits per heavy atom. The molecule has 0 amide bonds. The van der Waals surface area contributed by atoms with E-state index in [-0.39, 0.29) is 5.75 Å². The lowest BCUT2D eigenvalue weighted by molar-refractivity contribution is -0.137. The van der Waals surface area contributed by atoms with Crippen LogP contribution in [0, 0.1) is 0 Å². The van der Waals surface area contributed by atoms with Gasteiger partial charge >= 0.3 is 6.18 Å². The van der Waals surface area contributed by atoms with Crippen LogP contribution in [0.5, 0.6) is 11.5 Å². The smallest absolute Gasteiger partial charge is 0.418 e. The van der Waals surface area contributed by atoms with Gasteiger partial charge in [0.1, 0.15) is 11.5 Å². The van der Waals surface area contributed by atoms with Gasteiger partial charge in [-0.1, -0.05) is 18.2 Å². The number of alkyl halides is 3. The van der Waals surface area contributed by atoms with Crippen LogP contribution in [0.15, 0.2) is 58.5 Å². The number of hydrogen-bond donors (Lipinski definition) is 3. The van der Waals surface area contributed by atoms with Crippen LogP contribution in [0.3, 0.4) is 0 Å². The number of para-hydroxylation sites is 1. The zero-order chi connectivity index (χ0) is 17.7. The van der Waals surface area contributed by atoms with Gasteiger partial charge in [0.05, 0.1) is 11.3 Å². The number of rotatable bonds is 3. The van der Waals surface area contributed by atoms with Gasteiger partial charge in [0.2, 0.25) is 5.96 Å². The van der Waals surface area contributed by atoms with Crippen LogP contribution in [0.25, 0.3) is 0 Å². The van der Waals surface area contributed by atoms with Gasteiger partial charge in [-0.3, -0.25) is 0 Å². The zero-order valence-corrected chi connectivity index (χ0v) is 12.3. The Balaban J connectivity index is 2.41. The van der Waals surface area contributed by atoms with E-state index < -0.39 is 29.3 Å². The van der Waals surface area contributed by atoms with Gasteiger partial charge in [0, 0.05) is 0 Å². The highest BCUT2D eigenvalue weighted by molar-refractivity contribution is 5.93. The molecule has 0 aromatic heterocycles. The molecular weight excluding hydrogens is 323 g/mol. The van der Waals surface area contributed by atoms with Crippen molar-refractivity contribution < 1.29 is 17.9 Å². The van der Waals surface area contributed by atoms with Crippen LogP contribution < -0.4 is 21.9 Å². The standard InChI is InChI=1S/C15H14F3N5O/c16-15(17,18)11-8-10(24-9-4-2-1-3-5-9)6-7-12(11)22-14(21)23-13(19)20/h1-8H,(H6,19,20,21,22,23). The molecule has 2 aromatic rings. The predicted molar refractivity (Wildman–Crippen MR) is 85.1 cm³/mol. The van der Waals surface area contributed by atoms with Crippen LogP contribution in [0.1, 0.15) is 5.56 Å². The summed E-state index contributed by atoms with van der Waals surface area (Å²) in [5.74, 6) is -0.485. The third-order valence-corrected chi connectivity index (χ3v) is 2.73. The Labute approximate surface area is 135 Å². The second-order valence-corrected chi connectivity index (χ2v) is 4.60. The molecule has 2 rings (SSSR count). The van der Waals surface area contributed by atoms with Crippen LogP contribution in [-0.4, -0.2) is 11.9 Å². The number of nitrogens with two attached hydrogens (primary N) is 3. The van der Waals surface area contributed by atoms with Crippen LogP contribution in [0.4, 0.5) is 18.9 Å². The molecule has 0 unspecified atom stereocenters. The fraction of sp³-hybridized carbons (Fsp3) is 0.0667. The second kappa shape index (κ2) is 6.90. The third-order valence-electron chi connectivity index (χ3n) is 2.73. The maximum atomic E-state index is 13.2. The molecular formula is C15H14F3N5O. The predicted octanol–water partition coefficient (Wildman–Crippen LogP) is 2.72. The van der Waals surface area contributed by atoms with Crippen molar-refractivity contribution in [3.8, 4) is 11.5 Å². The summed E-state index contributed by atoms with van der Waals surface area (Å²) in [6.45, 7) is 0. The van der Waals surface area contributed by atoms with Crippen molar-refractivity contribution in [3.05, 3.63) is 54.1 Å². The number of guanidine groups is 2. The number of ether oxygens (including phenoxy) is 1. The maximum absolute atomic E-state index is 13.2. The molecule has 0 saturated carbocycles. The van der Waals surface area contributed by atoms with Crippen molar-refractivity contribution in [2.45, 2.75) is 6.18 Å². The van der Waals surface area contributed by atoms with E-state index in [2.05, 4.69) is 9.98 Å². The molecule has 0 radical (unpaired) electrons. The fourth-order valence-corrected chi connectivity index (χ4v) is 1.81. The first-order chi connectivity index (χ1) is 11.3. The first kappa shape index (κ1) is 17.1. The minimum atomic E-state index is -4.66. The van der Waals surface area contributed by atoms with Crippen molar-refractivity contribution in [3.63, 3.8) is 0 Å². The van der Waals surface area contributed by atoms with Gasteiger partial charge in [0.25, 0.3) is 0 Å². The van der Waals surface area contributed by atoms with Crippen molar-refractivity contribution >= 4 is 17.6 Å². The van der Waals surface area contributed by atoms with E-state index in [0.29, 0.717) is 5.75 Å². The highest BCUT2D eigenvalue weighted by atomic mass is 19.4. The van der Waals surface area contributed by atoms with Crippen molar-refractivity contribution in [2.24, 2.45) is 27.2 Å². The number of hydrogen-bond acceptors (Lipinski definition) is 2. The van der Waals surface area contributed by atoms with E-state index >= 15 is 0 Å². The average molecular weight is 337 g/mol. The van der Waals surface area contributed by atoms with E-state index in [1.807, 2.05) is 0 Å². The van der Waals surface area contributed by atoms with E-state index in [1.54, 1.807) is 30.3 Å². The topological polar surface area (TPSA) is 112 Å². The lowest BCUT2D eigenvalue weighted by atomic mass is 10.1. The van der Waals surface area contributed by atoms with Gasteiger partial charge in [-0.15, -0.1) is 0 Å². The van der Waals surface area contributed by atoms with Crippen LogP contribution >= 0.6 is 0 Å². The van der Waals surface area contributed by atoms with E-state index in [1.165, 1.54) is 6.07 Å². The monoisotopic (exact) mass is 337 g/mol. The molecule has 0 heterocycles. The van der Waals surface area contributed by atoms with Crippen LogP contribution in [0.2, 0.25) is 0 Å². The lowest BCUT2D eigenvalue weighted by Crippen LogP contribution is -2.26. The Bertz CT molecular complexity index is 768. The Hall–Kier alpha value is -3.23. The minimum absolute atomic E-state index is 0.00730. The molecule has 6 N–H and O–H groups in total. The highest BCUT2D eigenvalue weighted by Gasteiger charge is 2.34. The van der Waals surface area contributed by atoms with Crippen LogP contribution in [-0.2, 0) is 6.18 Å². The molecule has 0 spiro atoms. The minimum Gasteiger partial charge on any atom is -0.457 e. The van der Waals surface area contributed by atoms with E-state index in [0.717, 1.165) is 12.1 Å². The maximum Gasteiger partial charge on any atom is 0.418 e. The summed E-state index contributed by atoms with van der Waals surface area (Å²) in [6, 6.07) is 11.7. The Morgan fingerprint density at radius 3 is 2.17 bits per heavy atom. The summed E-state index contributed by atoms with van der Waals surface area (Å²) < 4.78 is 45.1. The number of benzene rings is 2. The van der Waals surface area contributed by atoms with E-state index in [9.17, 15) is 13.2 Å². The normalized spacial score (nSPS) is 11.9. The van der Waals surface area contributed by atoms with Crippen molar-refractivity contribution in [1.29, 1.82) is 0 Å². The van der Waals surface area contributed by atoms with Gasteiger partial charge in [-0.25, -0.2) is 4.99 Å². The first-order valence-electron chi connectivity index (χ1n) is 6.63. The quantitative estimate of drug-likeness (QED) is 0.590. The molecule has 0 saturated heterocycles. The van der Waals surface area contributed by atoms with Gasteiger partial charge < -0.3 is 21.9 Å². The Kier molecular flexibility index (Phi) is 4.93.